The molecule has 0 bridgehead atoms. The lowest BCUT2D eigenvalue weighted by Gasteiger charge is -2.23. The van der Waals surface area contributed by atoms with Crippen LogP contribution >= 0.6 is 23.4 Å². The van der Waals surface area contributed by atoms with E-state index in [1.807, 2.05) is 80.6 Å². The number of aliphatic imine (C=N–C) groups is 1. The van der Waals surface area contributed by atoms with Gasteiger partial charge in [0.2, 0.25) is 5.91 Å². The molecule has 7 nitrogen and oxygen atoms in total. The fraction of sp³-hybridized carbons (Fsp3) is 0.241. The van der Waals surface area contributed by atoms with Crippen LogP contribution in [0.25, 0.3) is 0 Å². The molecule has 2 aliphatic heterocycles. The predicted octanol–water partition coefficient (Wildman–Crippen LogP) is 6.14. The summed E-state index contributed by atoms with van der Waals surface area (Å²) in [4.78, 5) is 30.0. The lowest BCUT2D eigenvalue weighted by atomic mass is 9.98. The van der Waals surface area contributed by atoms with Crippen LogP contribution in [0.1, 0.15) is 41.1 Å². The highest BCUT2D eigenvalue weighted by molar-refractivity contribution is 8.15. The molecule has 9 heteroatoms. The van der Waals surface area contributed by atoms with Gasteiger partial charge in [0.15, 0.2) is 5.17 Å². The number of methoxy groups -OCH3 is 1. The molecule has 38 heavy (non-hydrogen) atoms. The van der Waals surface area contributed by atoms with Gasteiger partial charge in [0.25, 0.3) is 5.91 Å². The molecule has 2 amide bonds. The summed E-state index contributed by atoms with van der Waals surface area (Å²) in [5.74, 6) is 0.199. The molecule has 0 unspecified atom stereocenters. The lowest BCUT2D eigenvalue weighted by molar-refractivity contribution is -0.121. The van der Waals surface area contributed by atoms with Crippen molar-refractivity contribution in [3.8, 4) is 5.75 Å². The smallest absolute Gasteiger partial charge is 0.262 e. The minimum atomic E-state index is -0.615. The fourth-order valence-corrected chi connectivity index (χ4v) is 5.91. The van der Waals surface area contributed by atoms with E-state index in [1.165, 1.54) is 11.8 Å². The van der Waals surface area contributed by atoms with Gasteiger partial charge >= 0.3 is 0 Å². The van der Waals surface area contributed by atoms with E-state index >= 15 is 0 Å². The van der Waals surface area contributed by atoms with Gasteiger partial charge in [-0.1, -0.05) is 41.6 Å². The highest BCUT2D eigenvalue weighted by atomic mass is 35.5. The van der Waals surface area contributed by atoms with Crippen molar-refractivity contribution in [3.63, 3.8) is 0 Å². The van der Waals surface area contributed by atoms with Crippen LogP contribution < -0.4 is 10.1 Å². The van der Waals surface area contributed by atoms with E-state index in [9.17, 15) is 9.59 Å². The standard InChI is InChI=1S/C29H27ClN4O3S/c1-17-11-18(2)13-22(12-17)31-27(35)16-26-28(36)32-29(38-26)34-25(20-5-4-6-21(30)14-20)15-24(33-34)19-7-9-23(37-3)10-8-19/h4-14,25-26H,15-16H2,1-3H3,(H,31,35)/t25-,26+/m1/s1. The number of anilines is 1. The third-order valence-electron chi connectivity index (χ3n) is 6.37. The van der Waals surface area contributed by atoms with Crippen molar-refractivity contribution in [2.45, 2.75) is 38.0 Å². The molecule has 0 spiro atoms. The molecule has 194 valence electrons. The Hall–Kier alpha value is -3.62. The second-order valence-corrected chi connectivity index (χ2v) is 11.0. The molecule has 3 aromatic rings. The van der Waals surface area contributed by atoms with Crippen molar-refractivity contribution in [2.24, 2.45) is 10.1 Å². The van der Waals surface area contributed by atoms with E-state index in [0.29, 0.717) is 16.6 Å². The first-order valence-electron chi connectivity index (χ1n) is 12.2. The monoisotopic (exact) mass is 546 g/mol. The summed E-state index contributed by atoms with van der Waals surface area (Å²) in [6, 6.07) is 21.0. The third-order valence-corrected chi connectivity index (χ3v) is 7.75. The van der Waals surface area contributed by atoms with Gasteiger partial charge in [-0.25, -0.2) is 5.01 Å². The van der Waals surface area contributed by atoms with Gasteiger partial charge in [0.1, 0.15) is 11.0 Å². The number of rotatable bonds is 6. The number of nitrogens with one attached hydrogen (secondary N) is 1. The van der Waals surface area contributed by atoms with Crippen LogP contribution in [-0.4, -0.2) is 40.1 Å². The van der Waals surface area contributed by atoms with Gasteiger partial charge in [-0.05, 0) is 84.6 Å². The second kappa shape index (κ2) is 11.0. The summed E-state index contributed by atoms with van der Waals surface area (Å²) < 4.78 is 5.28. The molecule has 1 N–H and O–H groups in total. The summed E-state index contributed by atoms with van der Waals surface area (Å²) in [5, 5.41) is 10.1. The Balaban J connectivity index is 1.35. The number of aryl methyl sites for hydroxylation is 2. The van der Waals surface area contributed by atoms with Gasteiger partial charge in [0, 0.05) is 23.6 Å². The van der Waals surface area contributed by atoms with Crippen LogP contribution in [-0.2, 0) is 9.59 Å². The van der Waals surface area contributed by atoms with Crippen LogP contribution in [0.3, 0.4) is 0 Å². The molecular weight excluding hydrogens is 520 g/mol. The van der Waals surface area contributed by atoms with E-state index in [-0.39, 0.29) is 24.3 Å². The van der Waals surface area contributed by atoms with E-state index in [2.05, 4.69) is 10.3 Å². The summed E-state index contributed by atoms with van der Waals surface area (Å²) in [6.07, 6.45) is 0.631. The predicted molar refractivity (Wildman–Crippen MR) is 153 cm³/mol. The number of hydrogen-bond acceptors (Lipinski definition) is 6. The Bertz CT molecular complexity index is 1430. The second-order valence-electron chi connectivity index (χ2n) is 9.36. The number of hydrogen-bond donors (Lipinski definition) is 1. The number of carbonyl (C=O) groups is 2. The zero-order valence-corrected chi connectivity index (χ0v) is 22.8. The minimum Gasteiger partial charge on any atom is -0.497 e. The molecular formula is C29H27ClN4O3S. The van der Waals surface area contributed by atoms with Gasteiger partial charge in [-0.2, -0.15) is 10.1 Å². The highest BCUT2D eigenvalue weighted by Gasteiger charge is 2.39. The lowest BCUT2D eigenvalue weighted by Crippen LogP contribution is -2.25. The number of amidine groups is 1. The molecule has 0 aliphatic carbocycles. The Kier molecular flexibility index (Phi) is 7.53. The van der Waals surface area contributed by atoms with E-state index in [1.54, 1.807) is 12.1 Å². The van der Waals surface area contributed by atoms with E-state index in [4.69, 9.17) is 21.4 Å². The zero-order valence-electron chi connectivity index (χ0n) is 21.3. The molecule has 2 heterocycles. The molecule has 0 saturated heterocycles. The van der Waals surface area contributed by atoms with Gasteiger partial charge in [-0.3, -0.25) is 9.59 Å². The maximum atomic E-state index is 12.9. The number of halogens is 1. The van der Waals surface area contributed by atoms with Gasteiger partial charge in [-0.15, -0.1) is 0 Å². The number of amides is 2. The van der Waals surface area contributed by atoms with Crippen molar-refractivity contribution < 1.29 is 14.3 Å². The average Bonchev–Trinajstić information content (AvgIpc) is 3.47. The maximum Gasteiger partial charge on any atom is 0.262 e. The van der Waals surface area contributed by atoms with Gasteiger partial charge < -0.3 is 10.1 Å². The normalized spacial score (nSPS) is 18.8. The average molecular weight is 547 g/mol. The summed E-state index contributed by atoms with van der Waals surface area (Å²) >= 11 is 7.58. The van der Waals surface area contributed by atoms with Crippen LogP contribution in [0.4, 0.5) is 5.69 Å². The third kappa shape index (κ3) is 5.76. The number of ether oxygens (including phenoxy) is 1. The van der Waals surface area contributed by atoms with Crippen molar-refractivity contribution in [1.29, 1.82) is 0 Å². The molecule has 0 fully saturated rings. The number of hydrazone groups is 1. The van der Waals surface area contributed by atoms with E-state index < -0.39 is 5.25 Å². The molecule has 0 saturated carbocycles. The summed E-state index contributed by atoms with van der Waals surface area (Å²) in [5.41, 5.74) is 5.63. The van der Waals surface area contributed by atoms with E-state index in [0.717, 1.165) is 39.4 Å². The Labute approximate surface area is 230 Å². The molecule has 3 aromatic carbocycles. The van der Waals surface area contributed by atoms with Gasteiger partial charge in [0.05, 0.1) is 18.9 Å². The van der Waals surface area contributed by atoms with Crippen LogP contribution in [0, 0.1) is 13.8 Å². The Morgan fingerprint density at radius 2 is 1.84 bits per heavy atom. The zero-order chi connectivity index (χ0) is 26.8. The van der Waals surface area contributed by atoms with Crippen molar-refractivity contribution in [1.82, 2.24) is 5.01 Å². The fourth-order valence-electron chi connectivity index (χ4n) is 4.65. The SMILES string of the molecule is COc1ccc(C2=NN(C3=NC(=O)[C@H](CC(=O)Nc4cc(C)cc(C)c4)S3)[C@@H](c3cccc(Cl)c3)C2)cc1. The topological polar surface area (TPSA) is 83.4 Å². The van der Waals surface area contributed by atoms with Crippen LogP contribution in [0.5, 0.6) is 5.75 Å². The highest BCUT2D eigenvalue weighted by Crippen LogP contribution is 2.39. The number of benzene rings is 3. The number of nitrogens with zero attached hydrogens (tertiary/aromatic N) is 3. The van der Waals surface area contributed by atoms with Crippen molar-refractivity contribution in [2.75, 3.05) is 12.4 Å². The van der Waals surface area contributed by atoms with Crippen LogP contribution in [0.2, 0.25) is 5.02 Å². The number of thioether (sulfide) groups is 1. The van der Waals surface area contributed by atoms with Crippen molar-refractivity contribution >= 4 is 51.7 Å². The Morgan fingerprint density at radius 3 is 2.53 bits per heavy atom. The first kappa shape index (κ1) is 26.0. The largest absolute Gasteiger partial charge is 0.497 e. The Morgan fingerprint density at radius 1 is 1.11 bits per heavy atom. The minimum absolute atomic E-state index is 0.0220. The van der Waals surface area contributed by atoms with Crippen LogP contribution in [0.15, 0.2) is 76.8 Å². The first-order chi connectivity index (χ1) is 18.3. The molecule has 2 aliphatic rings. The molecule has 5 rings (SSSR count). The molecule has 0 radical (unpaired) electrons. The summed E-state index contributed by atoms with van der Waals surface area (Å²) in [6.45, 7) is 3.96. The van der Waals surface area contributed by atoms with Crippen molar-refractivity contribution in [3.05, 3.63) is 94.0 Å². The maximum absolute atomic E-state index is 12.9. The molecule has 0 aromatic heterocycles. The first-order valence-corrected chi connectivity index (χ1v) is 13.5. The summed E-state index contributed by atoms with van der Waals surface area (Å²) in [7, 11) is 1.63. The molecule has 2 atom stereocenters. The number of carbonyl (C=O) groups excluding carboxylic acids is 2. The quantitative estimate of drug-likeness (QED) is 0.401.